The molecule has 1 saturated heterocycles. The third-order valence-corrected chi connectivity index (χ3v) is 5.11. The van der Waals surface area contributed by atoms with Crippen molar-refractivity contribution in [3.63, 3.8) is 0 Å². The molecule has 7 heteroatoms. The number of piperazine rings is 1. The molecular formula is C20H19FN2O4. The number of imide groups is 1. The number of nitrogens with zero attached hydrogens (tertiary/aromatic N) is 2. The Morgan fingerprint density at radius 2 is 1.59 bits per heavy atom. The quantitative estimate of drug-likeness (QED) is 0.775. The first-order valence-corrected chi connectivity index (χ1v) is 8.62. The number of carbonyl (C=O) groups excluding carboxylic acids is 2. The molecule has 4 rings (SSSR count). The molecule has 27 heavy (non-hydrogen) atoms. The van der Waals surface area contributed by atoms with E-state index in [1.165, 1.54) is 24.3 Å². The normalized spacial score (nSPS) is 19.5. The number of anilines is 1. The number of ether oxygens (including phenoxy) is 2. The fourth-order valence-corrected chi connectivity index (χ4v) is 3.75. The van der Waals surface area contributed by atoms with Crippen LogP contribution in [0.5, 0.6) is 11.5 Å². The van der Waals surface area contributed by atoms with Gasteiger partial charge in [0.15, 0.2) is 11.5 Å². The van der Waals surface area contributed by atoms with Gasteiger partial charge < -0.3 is 9.47 Å². The molecule has 0 spiro atoms. The van der Waals surface area contributed by atoms with Crippen LogP contribution in [0.1, 0.15) is 11.1 Å². The van der Waals surface area contributed by atoms with Gasteiger partial charge in [0.1, 0.15) is 5.82 Å². The van der Waals surface area contributed by atoms with E-state index in [9.17, 15) is 14.0 Å². The SMILES string of the molecule is COc1cc2c(cc1OC)CN1CC(=O)N(c3ccc(F)cc3)C(=O)[C@@H]1C2. The van der Waals surface area contributed by atoms with Crippen LogP contribution < -0.4 is 14.4 Å². The van der Waals surface area contributed by atoms with Crippen molar-refractivity contribution in [1.82, 2.24) is 4.90 Å². The van der Waals surface area contributed by atoms with Crippen LogP contribution in [0.25, 0.3) is 0 Å². The molecule has 1 atom stereocenters. The Balaban J connectivity index is 1.67. The summed E-state index contributed by atoms with van der Waals surface area (Å²) in [6, 6.07) is 8.73. The van der Waals surface area contributed by atoms with Gasteiger partial charge in [0.2, 0.25) is 5.91 Å². The van der Waals surface area contributed by atoms with Crippen LogP contribution >= 0.6 is 0 Å². The summed E-state index contributed by atoms with van der Waals surface area (Å²) in [6.45, 7) is 0.608. The lowest BCUT2D eigenvalue weighted by Crippen LogP contribution is -2.61. The number of carbonyl (C=O) groups is 2. The largest absolute Gasteiger partial charge is 0.493 e. The lowest BCUT2D eigenvalue weighted by Gasteiger charge is -2.42. The van der Waals surface area contributed by atoms with Crippen molar-refractivity contribution < 1.29 is 23.5 Å². The summed E-state index contributed by atoms with van der Waals surface area (Å²) < 4.78 is 23.9. The van der Waals surface area contributed by atoms with Gasteiger partial charge >= 0.3 is 0 Å². The highest BCUT2D eigenvalue weighted by molar-refractivity contribution is 6.19. The van der Waals surface area contributed by atoms with E-state index in [0.717, 1.165) is 16.0 Å². The lowest BCUT2D eigenvalue weighted by molar-refractivity contribution is -0.136. The molecule has 6 nitrogen and oxygen atoms in total. The molecule has 0 unspecified atom stereocenters. The molecule has 0 radical (unpaired) electrons. The monoisotopic (exact) mass is 370 g/mol. The van der Waals surface area contributed by atoms with E-state index in [-0.39, 0.29) is 18.4 Å². The molecule has 1 fully saturated rings. The first kappa shape index (κ1) is 17.5. The van der Waals surface area contributed by atoms with Crippen LogP contribution in [0.15, 0.2) is 36.4 Å². The summed E-state index contributed by atoms with van der Waals surface area (Å²) in [5, 5.41) is 0. The number of methoxy groups -OCH3 is 2. The maximum Gasteiger partial charge on any atom is 0.251 e. The Kier molecular flexibility index (Phi) is 4.31. The summed E-state index contributed by atoms with van der Waals surface area (Å²) in [6.07, 6.45) is 0.472. The van der Waals surface area contributed by atoms with Crippen molar-refractivity contribution in [3.8, 4) is 11.5 Å². The van der Waals surface area contributed by atoms with Crippen molar-refractivity contribution in [1.29, 1.82) is 0 Å². The van der Waals surface area contributed by atoms with Crippen molar-refractivity contribution in [3.05, 3.63) is 53.3 Å². The molecule has 0 aliphatic carbocycles. The highest BCUT2D eigenvalue weighted by Gasteiger charge is 2.43. The van der Waals surface area contributed by atoms with Gasteiger partial charge in [-0.1, -0.05) is 0 Å². The van der Waals surface area contributed by atoms with Gasteiger partial charge in [-0.2, -0.15) is 0 Å². The molecule has 140 valence electrons. The Morgan fingerprint density at radius 1 is 0.963 bits per heavy atom. The predicted molar refractivity (Wildman–Crippen MR) is 96.3 cm³/mol. The standard InChI is InChI=1S/C20H19FN2O4/c1-26-17-8-12-7-16-20(25)23(15-5-3-14(21)4-6-15)19(24)11-22(16)10-13(12)9-18(17)27-2/h3-6,8-9,16H,7,10-11H2,1-2H3/t16-/m0/s1. The molecule has 0 aromatic heterocycles. The summed E-state index contributed by atoms with van der Waals surface area (Å²) in [4.78, 5) is 28.7. The zero-order valence-corrected chi connectivity index (χ0v) is 15.1. The molecule has 2 heterocycles. The fraction of sp³-hybridized carbons (Fsp3) is 0.300. The predicted octanol–water partition coefficient (Wildman–Crippen LogP) is 2.14. The fourth-order valence-electron chi connectivity index (χ4n) is 3.75. The topological polar surface area (TPSA) is 59.1 Å². The number of halogens is 1. The second-order valence-electron chi connectivity index (χ2n) is 6.64. The summed E-state index contributed by atoms with van der Waals surface area (Å²) in [7, 11) is 3.14. The van der Waals surface area contributed by atoms with Gasteiger partial charge in [-0.15, -0.1) is 0 Å². The van der Waals surface area contributed by atoms with Gasteiger partial charge in [0, 0.05) is 6.54 Å². The van der Waals surface area contributed by atoms with Gasteiger partial charge in [-0.3, -0.25) is 14.5 Å². The first-order valence-electron chi connectivity index (χ1n) is 8.62. The van der Waals surface area contributed by atoms with Crippen LogP contribution in [-0.4, -0.2) is 43.5 Å². The van der Waals surface area contributed by atoms with Crippen molar-refractivity contribution >= 4 is 17.5 Å². The van der Waals surface area contributed by atoms with E-state index >= 15 is 0 Å². The molecular weight excluding hydrogens is 351 g/mol. The van der Waals surface area contributed by atoms with E-state index in [2.05, 4.69) is 0 Å². The van der Waals surface area contributed by atoms with Gasteiger partial charge in [0.05, 0.1) is 32.5 Å². The minimum absolute atomic E-state index is 0.127. The van der Waals surface area contributed by atoms with Crippen molar-refractivity contribution in [2.45, 2.75) is 19.0 Å². The Bertz CT molecular complexity index is 913. The van der Waals surface area contributed by atoms with Crippen LogP contribution in [0.3, 0.4) is 0 Å². The summed E-state index contributed by atoms with van der Waals surface area (Å²) in [5.41, 5.74) is 2.40. The highest BCUT2D eigenvalue weighted by atomic mass is 19.1. The molecule has 2 aliphatic rings. The smallest absolute Gasteiger partial charge is 0.251 e. The number of rotatable bonds is 3. The lowest BCUT2D eigenvalue weighted by atomic mass is 9.91. The summed E-state index contributed by atoms with van der Waals surface area (Å²) >= 11 is 0. The van der Waals surface area contributed by atoms with Crippen molar-refractivity contribution in [2.24, 2.45) is 0 Å². The summed E-state index contributed by atoms with van der Waals surface area (Å²) in [5.74, 6) is 0.215. The van der Waals surface area contributed by atoms with Gasteiger partial charge in [0.25, 0.3) is 5.91 Å². The van der Waals surface area contributed by atoms with Crippen molar-refractivity contribution in [2.75, 3.05) is 25.7 Å². The van der Waals surface area contributed by atoms with Crippen LogP contribution in [-0.2, 0) is 22.6 Å². The first-order chi connectivity index (χ1) is 13.0. The third-order valence-electron chi connectivity index (χ3n) is 5.11. The van der Waals surface area contributed by atoms with E-state index in [1.807, 2.05) is 17.0 Å². The maximum absolute atomic E-state index is 13.2. The zero-order valence-electron chi connectivity index (χ0n) is 15.1. The van der Waals surface area contributed by atoms with E-state index in [4.69, 9.17) is 9.47 Å². The number of amides is 2. The second kappa shape index (κ2) is 6.66. The molecule has 2 amide bonds. The third kappa shape index (κ3) is 2.94. The molecule has 2 aromatic rings. The van der Waals surface area contributed by atoms with Crippen LogP contribution in [0.2, 0.25) is 0 Å². The Labute approximate surface area is 156 Å². The van der Waals surface area contributed by atoms with E-state index in [0.29, 0.717) is 30.2 Å². The Morgan fingerprint density at radius 3 is 2.22 bits per heavy atom. The molecule has 0 saturated carbocycles. The van der Waals surface area contributed by atoms with Crippen LogP contribution in [0.4, 0.5) is 10.1 Å². The van der Waals surface area contributed by atoms with Crippen LogP contribution in [0, 0.1) is 5.82 Å². The number of hydrogen-bond donors (Lipinski definition) is 0. The molecule has 0 N–H and O–H groups in total. The minimum atomic E-state index is -0.446. The molecule has 2 aliphatic heterocycles. The second-order valence-corrected chi connectivity index (χ2v) is 6.64. The highest BCUT2D eigenvalue weighted by Crippen LogP contribution is 2.36. The maximum atomic E-state index is 13.2. The van der Waals surface area contributed by atoms with Gasteiger partial charge in [-0.25, -0.2) is 9.29 Å². The molecule has 2 aromatic carbocycles. The average Bonchev–Trinajstić information content (AvgIpc) is 2.67. The average molecular weight is 370 g/mol. The van der Waals surface area contributed by atoms with E-state index in [1.54, 1.807) is 14.2 Å². The number of hydrogen-bond acceptors (Lipinski definition) is 5. The van der Waals surface area contributed by atoms with E-state index < -0.39 is 11.9 Å². The Hall–Kier alpha value is -2.93. The zero-order chi connectivity index (χ0) is 19.1. The minimum Gasteiger partial charge on any atom is -0.493 e. The number of fused-ring (bicyclic) bond motifs is 2. The van der Waals surface area contributed by atoms with Gasteiger partial charge in [-0.05, 0) is 53.9 Å². The molecule has 0 bridgehead atoms. The number of benzene rings is 2.